The highest BCUT2D eigenvalue weighted by atomic mass is 16.2. The molecule has 238 valence electrons. The van der Waals surface area contributed by atoms with Gasteiger partial charge < -0.3 is 26.6 Å². The van der Waals surface area contributed by atoms with E-state index in [-0.39, 0.29) is 24.0 Å². The molecule has 1 amide bonds. The number of piperidine rings is 2. The van der Waals surface area contributed by atoms with Gasteiger partial charge in [-0.15, -0.1) is 0 Å². The number of nitrogens with two attached hydrogens (primary N) is 1. The molecule has 4 fully saturated rings. The molecule has 3 aliphatic heterocycles. The minimum absolute atomic E-state index is 0.00374. The molecule has 2 saturated carbocycles. The Morgan fingerprint density at radius 3 is 2.31 bits per heavy atom. The lowest BCUT2D eigenvalue weighted by molar-refractivity contribution is -0.138. The molecule has 7 rings (SSSR count). The third-order valence-electron chi connectivity index (χ3n) is 11.5. The number of likely N-dealkylation sites (tertiary alicyclic amines) is 2. The molecule has 4 bridgehead atoms. The van der Waals surface area contributed by atoms with Gasteiger partial charge in [-0.3, -0.25) is 14.7 Å². The maximum absolute atomic E-state index is 13.4. The highest BCUT2D eigenvalue weighted by molar-refractivity contribution is 5.83. The summed E-state index contributed by atoms with van der Waals surface area (Å²) in [4.78, 5) is 22.2. The van der Waals surface area contributed by atoms with E-state index in [0.717, 1.165) is 53.9 Å². The monoisotopic (exact) mass is 607 g/mol. The standard InChI is InChI=1S/C37H49N7O/c1-22(2)34(38)37(45)44-30-16-14-28(18-30)35(44)36-41-20-32(42-36)26-11-7-24(8-12-26)23-5-9-25(10-6-23)31(19-39-3)40-21-33-27-13-15-29(17-27)43(33)4/h5-12,19-20,22,27-30,33-36,40-42H,3,13-18,21,38H2,1-2,4H3/b31-19-. The molecule has 2 aliphatic carbocycles. The van der Waals surface area contributed by atoms with Crippen molar-refractivity contribution in [3.63, 3.8) is 0 Å². The second-order valence-corrected chi connectivity index (χ2v) is 14.3. The van der Waals surface area contributed by atoms with E-state index in [9.17, 15) is 4.79 Å². The van der Waals surface area contributed by atoms with Crippen LogP contribution in [0.2, 0.25) is 0 Å². The number of nitrogens with one attached hydrogen (secondary N) is 3. The van der Waals surface area contributed by atoms with Crippen LogP contribution >= 0.6 is 0 Å². The summed E-state index contributed by atoms with van der Waals surface area (Å²) in [5, 5.41) is 11.0. The van der Waals surface area contributed by atoms with E-state index < -0.39 is 6.04 Å². The first-order valence-electron chi connectivity index (χ1n) is 17.0. The summed E-state index contributed by atoms with van der Waals surface area (Å²) in [5.41, 5.74) is 13.0. The molecule has 8 unspecified atom stereocenters. The number of benzene rings is 2. The predicted octanol–water partition coefficient (Wildman–Crippen LogP) is 4.61. The van der Waals surface area contributed by atoms with E-state index in [2.05, 4.69) is 99.2 Å². The molecule has 3 heterocycles. The van der Waals surface area contributed by atoms with Crippen molar-refractivity contribution in [1.29, 1.82) is 0 Å². The van der Waals surface area contributed by atoms with E-state index in [4.69, 9.17) is 5.73 Å². The van der Waals surface area contributed by atoms with Crippen LogP contribution in [0.1, 0.15) is 63.5 Å². The summed E-state index contributed by atoms with van der Waals surface area (Å²) < 4.78 is 0. The van der Waals surface area contributed by atoms with Gasteiger partial charge in [0.15, 0.2) is 0 Å². The van der Waals surface area contributed by atoms with Crippen LogP contribution in [-0.2, 0) is 4.79 Å². The molecule has 0 aromatic heterocycles. The van der Waals surface area contributed by atoms with Gasteiger partial charge in [-0.25, -0.2) is 0 Å². The zero-order chi connectivity index (χ0) is 31.2. The molecule has 0 radical (unpaired) electrons. The number of rotatable bonds is 10. The maximum atomic E-state index is 13.4. The molecule has 2 saturated heterocycles. The first kappa shape index (κ1) is 30.1. The van der Waals surface area contributed by atoms with Crippen molar-refractivity contribution >= 4 is 24.0 Å². The number of aliphatic imine (C=N–C) groups is 1. The van der Waals surface area contributed by atoms with E-state index >= 15 is 0 Å². The highest BCUT2D eigenvalue weighted by Crippen LogP contribution is 2.45. The minimum Gasteiger partial charge on any atom is -0.382 e. The van der Waals surface area contributed by atoms with Gasteiger partial charge in [0.25, 0.3) is 0 Å². The first-order chi connectivity index (χ1) is 21.8. The highest BCUT2D eigenvalue weighted by Gasteiger charge is 2.52. The van der Waals surface area contributed by atoms with Crippen molar-refractivity contribution < 1.29 is 4.79 Å². The third-order valence-corrected chi connectivity index (χ3v) is 11.5. The Balaban J connectivity index is 0.986. The minimum atomic E-state index is -0.450. The Hall–Kier alpha value is -3.62. The Morgan fingerprint density at radius 2 is 1.64 bits per heavy atom. The number of hydrogen-bond acceptors (Lipinski definition) is 7. The molecular weight excluding hydrogens is 558 g/mol. The maximum Gasteiger partial charge on any atom is 0.240 e. The Kier molecular flexibility index (Phi) is 8.21. The number of amides is 1. The van der Waals surface area contributed by atoms with Gasteiger partial charge in [-0.05, 0) is 92.3 Å². The van der Waals surface area contributed by atoms with Gasteiger partial charge in [-0.1, -0.05) is 62.4 Å². The molecule has 0 spiro atoms. The fourth-order valence-electron chi connectivity index (χ4n) is 8.85. The molecule has 8 heteroatoms. The predicted molar refractivity (Wildman–Crippen MR) is 183 cm³/mol. The van der Waals surface area contributed by atoms with Gasteiger partial charge >= 0.3 is 0 Å². The number of nitrogens with zero attached hydrogens (tertiary/aromatic N) is 3. The van der Waals surface area contributed by atoms with Crippen molar-refractivity contribution in [3.8, 4) is 11.1 Å². The lowest BCUT2D eigenvalue weighted by Crippen LogP contribution is -2.60. The summed E-state index contributed by atoms with van der Waals surface area (Å²) in [5.74, 6) is 1.54. The number of fused-ring (bicyclic) bond motifs is 4. The normalized spacial score (nSPS) is 31.2. The van der Waals surface area contributed by atoms with Gasteiger partial charge in [-0.2, -0.15) is 0 Å². The van der Waals surface area contributed by atoms with E-state index in [1.54, 1.807) is 0 Å². The summed E-state index contributed by atoms with van der Waals surface area (Å²) in [6.07, 6.45) is 11.3. The number of likely N-dealkylation sites (N-methyl/N-ethyl adjacent to an activating group) is 1. The van der Waals surface area contributed by atoms with Crippen LogP contribution in [-0.4, -0.2) is 72.4 Å². The van der Waals surface area contributed by atoms with Crippen LogP contribution in [0.4, 0.5) is 0 Å². The number of hydrogen-bond donors (Lipinski definition) is 4. The van der Waals surface area contributed by atoms with Crippen molar-refractivity contribution in [2.45, 2.75) is 88.7 Å². The van der Waals surface area contributed by atoms with Gasteiger partial charge in [0.1, 0.15) is 6.17 Å². The lowest BCUT2D eigenvalue weighted by atomic mass is 9.94. The van der Waals surface area contributed by atoms with Crippen molar-refractivity contribution in [3.05, 3.63) is 72.1 Å². The molecule has 5 N–H and O–H groups in total. The van der Waals surface area contributed by atoms with Crippen LogP contribution in [0.15, 0.2) is 65.9 Å². The van der Waals surface area contributed by atoms with Gasteiger partial charge in [0.05, 0.1) is 23.5 Å². The van der Waals surface area contributed by atoms with E-state index in [0.29, 0.717) is 18.0 Å². The average Bonchev–Trinajstić information content (AvgIpc) is 3.90. The van der Waals surface area contributed by atoms with Gasteiger partial charge in [0, 0.05) is 37.1 Å². The Bertz CT molecular complexity index is 1460. The number of carbonyl (C=O) groups is 1. The van der Waals surface area contributed by atoms with Crippen LogP contribution in [0.3, 0.4) is 0 Å². The van der Waals surface area contributed by atoms with Crippen molar-refractivity contribution in [2.24, 2.45) is 28.5 Å². The van der Waals surface area contributed by atoms with Crippen LogP contribution in [0.25, 0.3) is 22.5 Å². The van der Waals surface area contributed by atoms with E-state index in [1.165, 1.54) is 36.8 Å². The fraction of sp³-hybridized carbons (Fsp3) is 0.514. The Labute approximate surface area is 268 Å². The van der Waals surface area contributed by atoms with Crippen LogP contribution in [0, 0.1) is 17.8 Å². The second-order valence-electron chi connectivity index (χ2n) is 14.3. The average molecular weight is 608 g/mol. The molecule has 45 heavy (non-hydrogen) atoms. The lowest BCUT2D eigenvalue weighted by Gasteiger charge is -2.40. The van der Waals surface area contributed by atoms with E-state index in [1.807, 2.05) is 20.0 Å². The second kappa shape index (κ2) is 12.3. The summed E-state index contributed by atoms with van der Waals surface area (Å²) in [7, 11) is 2.28. The molecule has 5 aliphatic rings. The molecule has 8 nitrogen and oxygen atoms in total. The molecule has 2 aromatic carbocycles. The zero-order valence-corrected chi connectivity index (χ0v) is 27.0. The Morgan fingerprint density at radius 1 is 1.00 bits per heavy atom. The largest absolute Gasteiger partial charge is 0.382 e. The quantitative estimate of drug-likeness (QED) is 0.295. The molecule has 8 atom stereocenters. The SMILES string of the molecule is C=N/C=C(\NCC1C2CCC(C2)N1C)c1ccc(-c2ccc(C3=CNC(C4C5CCC(C5)N4C(=O)C(N)C(C)C)N3)cc2)cc1. The van der Waals surface area contributed by atoms with Crippen LogP contribution in [0.5, 0.6) is 0 Å². The third kappa shape index (κ3) is 5.57. The molecule has 2 aromatic rings. The number of carbonyl (C=O) groups excluding carboxylic acids is 1. The van der Waals surface area contributed by atoms with Crippen LogP contribution < -0.4 is 21.7 Å². The summed E-state index contributed by atoms with van der Waals surface area (Å²) in [6, 6.07) is 18.7. The summed E-state index contributed by atoms with van der Waals surface area (Å²) >= 11 is 0. The smallest absolute Gasteiger partial charge is 0.240 e. The topological polar surface area (TPSA) is 98.0 Å². The van der Waals surface area contributed by atoms with Gasteiger partial charge in [0.2, 0.25) is 5.91 Å². The van der Waals surface area contributed by atoms with Crippen molar-refractivity contribution in [1.82, 2.24) is 25.8 Å². The summed E-state index contributed by atoms with van der Waals surface area (Å²) in [6.45, 7) is 8.70. The molecular formula is C37H49N7O. The fourth-order valence-corrected chi connectivity index (χ4v) is 8.85. The van der Waals surface area contributed by atoms with Crippen molar-refractivity contribution in [2.75, 3.05) is 13.6 Å². The first-order valence-corrected chi connectivity index (χ1v) is 17.0. The zero-order valence-electron chi connectivity index (χ0n) is 27.0.